The van der Waals surface area contributed by atoms with Crippen LogP contribution in [0.25, 0.3) is 5.57 Å². The van der Waals surface area contributed by atoms with Crippen LogP contribution in [-0.2, 0) is 14.6 Å². The first-order chi connectivity index (χ1) is 17.3. The topological polar surface area (TPSA) is 103 Å². The third kappa shape index (κ3) is 5.38. The SMILES string of the molecule is Cc1nc(C2=CCC(C)(N3CCS(=O)(=O)CC3)C=C2)c([C@@H]2CCC(F)(F)CC2C(=O)NC2(C#N)CC2)s1. The maximum Gasteiger partial charge on any atom is 0.249 e. The summed E-state index contributed by atoms with van der Waals surface area (Å²) in [6.45, 7) is 4.95. The summed E-state index contributed by atoms with van der Waals surface area (Å²) in [7, 11) is -2.97. The molecule has 0 bridgehead atoms. The van der Waals surface area contributed by atoms with Gasteiger partial charge in [0.2, 0.25) is 11.8 Å². The van der Waals surface area contributed by atoms with E-state index in [2.05, 4.69) is 35.4 Å². The number of nitrogens with zero attached hydrogens (tertiary/aromatic N) is 3. The Kier molecular flexibility index (Phi) is 6.61. The third-order valence-corrected chi connectivity index (χ3v) is 11.0. The number of hydrogen-bond donors (Lipinski definition) is 1. The number of allylic oxidation sites excluding steroid dienone is 2. The number of amides is 1. The molecular weight excluding hydrogens is 518 g/mol. The van der Waals surface area contributed by atoms with E-state index in [0.29, 0.717) is 32.4 Å². The molecule has 1 aliphatic heterocycles. The second kappa shape index (κ2) is 9.24. The number of carbonyl (C=O) groups is 1. The van der Waals surface area contributed by atoms with Crippen LogP contribution in [0.2, 0.25) is 0 Å². The van der Waals surface area contributed by atoms with Crippen molar-refractivity contribution in [1.82, 2.24) is 15.2 Å². The first-order valence-electron chi connectivity index (χ1n) is 12.8. The summed E-state index contributed by atoms with van der Waals surface area (Å²) in [5.41, 5.74) is 0.411. The first kappa shape index (κ1) is 26.4. The molecule has 37 heavy (non-hydrogen) atoms. The minimum Gasteiger partial charge on any atom is -0.338 e. The minimum absolute atomic E-state index is 0.158. The van der Waals surface area contributed by atoms with Crippen LogP contribution in [0.5, 0.6) is 0 Å². The molecule has 1 N–H and O–H groups in total. The predicted octanol–water partition coefficient (Wildman–Crippen LogP) is 3.98. The lowest BCUT2D eigenvalue weighted by Crippen LogP contribution is -2.52. The van der Waals surface area contributed by atoms with E-state index < -0.39 is 45.5 Å². The summed E-state index contributed by atoms with van der Waals surface area (Å²) in [6.07, 6.45) is 7.29. The number of carbonyl (C=O) groups excluding carboxylic acids is 1. The van der Waals surface area contributed by atoms with Crippen molar-refractivity contribution in [2.45, 2.75) is 75.3 Å². The molecular formula is C26H32F2N4O3S2. The maximum absolute atomic E-state index is 14.5. The van der Waals surface area contributed by atoms with Gasteiger partial charge in [-0.15, -0.1) is 11.3 Å². The lowest BCUT2D eigenvalue weighted by molar-refractivity contribution is -0.134. The Bertz CT molecular complexity index is 1300. The molecule has 2 saturated carbocycles. The van der Waals surface area contributed by atoms with Crippen molar-refractivity contribution < 1.29 is 22.0 Å². The highest BCUT2D eigenvalue weighted by Crippen LogP contribution is 2.49. The van der Waals surface area contributed by atoms with Crippen LogP contribution in [-0.4, -0.2) is 65.8 Å². The Labute approximate surface area is 220 Å². The van der Waals surface area contributed by atoms with Crippen LogP contribution >= 0.6 is 11.3 Å². The molecule has 7 nitrogen and oxygen atoms in total. The molecule has 11 heteroatoms. The second-order valence-electron chi connectivity index (χ2n) is 11.1. The molecule has 4 aliphatic rings. The molecule has 1 aromatic rings. The number of rotatable bonds is 5. The Morgan fingerprint density at radius 2 is 1.97 bits per heavy atom. The van der Waals surface area contributed by atoms with Crippen LogP contribution in [0, 0.1) is 24.2 Å². The number of alkyl halides is 2. The summed E-state index contributed by atoms with van der Waals surface area (Å²) < 4.78 is 52.7. The van der Waals surface area contributed by atoms with Crippen molar-refractivity contribution in [2.75, 3.05) is 24.6 Å². The van der Waals surface area contributed by atoms with E-state index in [0.717, 1.165) is 21.2 Å². The van der Waals surface area contributed by atoms with E-state index in [1.807, 2.05) is 13.0 Å². The molecule has 200 valence electrons. The van der Waals surface area contributed by atoms with E-state index >= 15 is 0 Å². The average Bonchev–Trinajstić information content (AvgIpc) is 3.51. The van der Waals surface area contributed by atoms with Gasteiger partial charge < -0.3 is 5.32 Å². The Morgan fingerprint density at radius 1 is 1.27 bits per heavy atom. The van der Waals surface area contributed by atoms with Crippen LogP contribution in [0.3, 0.4) is 0 Å². The summed E-state index contributed by atoms with van der Waals surface area (Å²) in [5, 5.41) is 13.0. The molecule has 3 aliphatic carbocycles. The zero-order chi connectivity index (χ0) is 26.6. The van der Waals surface area contributed by atoms with Crippen molar-refractivity contribution >= 4 is 32.7 Å². The van der Waals surface area contributed by atoms with Crippen molar-refractivity contribution in [3.05, 3.63) is 33.8 Å². The number of nitrogens with one attached hydrogen (secondary N) is 1. The van der Waals surface area contributed by atoms with Crippen molar-refractivity contribution in [3.8, 4) is 6.07 Å². The standard InChI is InChI=1S/C26H32F2N4O3S2/c1-17-30-21(18-3-6-24(2,7-4-18)32-11-13-37(34,35)14-12-32)22(36-17)19-5-8-26(27,28)15-20(19)23(33)31-25(16-29)9-10-25/h3-4,6,19-20H,5,7-15H2,1-2H3,(H,31,33)/t19-,20?,24?/m1/s1. The Morgan fingerprint density at radius 3 is 2.57 bits per heavy atom. The van der Waals surface area contributed by atoms with E-state index in [1.54, 1.807) is 0 Å². The molecule has 3 fully saturated rings. The van der Waals surface area contributed by atoms with E-state index in [4.69, 9.17) is 4.98 Å². The number of thiazole rings is 1. The van der Waals surface area contributed by atoms with Crippen molar-refractivity contribution in [3.63, 3.8) is 0 Å². The van der Waals surface area contributed by atoms with Gasteiger partial charge in [0.1, 0.15) is 5.54 Å². The highest BCUT2D eigenvalue weighted by atomic mass is 32.2. The predicted molar refractivity (Wildman–Crippen MR) is 138 cm³/mol. The van der Waals surface area contributed by atoms with E-state index in [-0.39, 0.29) is 29.9 Å². The molecule has 3 atom stereocenters. The van der Waals surface area contributed by atoms with E-state index in [9.17, 15) is 27.3 Å². The smallest absolute Gasteiger partial charge is 0.249 e. The number of nitriles is 1. The second-order valence-corrected chi connectivity index (χ2v) is 14.7. The molecule has 2 unspecified atom stereocenters. The van der Waals surface area contributed by atoms with Gasteiger partial charge >= 0.3 is 0 Å². The van der Waals surface area contributed by atoms with Gasteiger partial charge in [0.25, 0.3) is 0 Å². The molecule has 1 amide bonds. The van der Waals surface area contributed by atoms with Gasteiger partial charge in [-0.05, 0) is 45.1 Å². The fourth-order valence-electron chi connectivity index (χ4n) is 5.70. The Balaban J connectivity index is 1.39. The number of hydrogen-bond acceptors (Lipinski definition) is 7. The monoisotopic (exact) mass is 550 g/mol. The zero-order valence-electron chi connectivity index (χ0n) is 21.1. The molecule has 0 aromatic carbocycles. The van der Waals surface area contributed by atoms with Crippen LogP contribution in [0.15, 0.2) is 18.2 Å². The van der Waals surface area contributed by atoms with Gasteiger partial charge in [0.05, 0.1) is 34.2 Å². The van der Waals surface area contributed by atoms with Crippen molar-refractivity contribution in [1.29, 1.82) is 5.26 Å². The normalized spacial score (nSPS) is 32.2. The molecule has 5 rings (SSSR count). The summed E-state index contributed by atoms with van der Waals surface area (Å²) in [4.78, 5) is 21.0. The molecule has 0 radical (unpaired) electrons. The fourth-order valence-corrected chi connectivity index (χ4v) is 8.05. The van der Waals surface area contributed by atoms with Gasteiger partial charge in [-0.3, -0.25) is 9.69 Å². The van der Waals surface area contributed by atoms with Gasteiger partial charge in [-0.25, -0.2) is 22.2 Å². The van der Waals surface area contributed by atoms with Crippen molar-refractivity contribution in [2.24, 2.45) is 5.92 Å². The van der Waals surface area contributed by atoms with Gasteiger partial charge in [-0.2, -0.15) is 5.26 Å². The average molecular weight is 551 g/mol. The molecule has 0 spiro atoms. The quantitative estimate of drug-likeness (QED) is 0.595. The zero-order valence-corrected chi connectivity index (χ0v) is 22.7. The maximum atomic E-state index is 14.5. The number of aromatic nitrogens is 1. The van der Waals surface area contributed by atoms with Crippen LogP contribution in [0.1, 0.15) is 66.9 Å². The third-order valence-electron chi connectivity index (χ3n) is 8.28. The summed E-state index contributed by atoms with van der Waals surface area (Å²) in [6, 6.07) is 2.12. The summed E-state index contributed by atoms with van der Waals surface area (Å²) in [5.74, 6) is -4.40. The summed E-state index contributed by atoms with van der Waals surface area (Å²) >= 11 is 1.45. The molecule has 1 aromatic heterocycles. The molecule has 1 saturated heterocycles. The van der Waals surface area contributed by atoms with Crippen LogP contribution in [0.4, 0.5) is 8.78 Å². The number of aryl methyl sites for hydroxylation is 1. The lowest BCUT2D eigenvalue weighted by Gasteiger charge is -2.42. The number of halogens is 2. The van der Waals surface area contributed by atoms with Gasteiger partial charge in [0, 0.05) is 42.3 Å². The van der Waals surface area contributed by atoms with Crippen LogP contribution < -0.4 is 5.32 Å². The minimum atomic E-state index is -2.97. The largest absolute Gasteiger partial charge is 0.338 e. The lowest BCUT2D eigenvalue weighted by atomic mass is 9.75. The Hall–Kier alpha value is -2.16. The fraction of sp³-hybridized carbons (Fsp3) is 0.654. The first-order valence-corrected chi connectivity index (χ1v) is 15.4. The molecule has 2 heterocycles. The number of sulfone groups is 1. The van der Waals surface area contributed by atoms with Gasteiger partial charge in [-0.1, -0.05) is 18.2 Å². The highest BCUT2D eigenvalue weighted by molar-refractivity contribution is 7.91. The van der Waals surface area contributed by atoms with E-state index in [1.165, 1.54) is 11.3 Å². The highest BCUT2D eigenvalue weighted by Gasteiger charge is 2.51. The van der Waals surface area contributed by atoms with Gasteiger partial charge in [0.15, 0.2) is 9.84 Å².